The molecule has 3 aromatic rings. The molecule has 3 rings (SSSR count). The summed E-state index contributed by atoms with van der Waals surface area (Å²) in [6.07, 6.45) is 0.310. The lowest BCUT2D eigenvalue weighted by atomic mass is 10.2. The Morgan fingerprint density at radius 1 is 1.21 bits per heavy atom. The number of para-hydroxylation sites is 1. The second kappa shape index (κ2) is 10.0. The van der Waals surface area contributed by atoms with Crippen LogP contribution in [0.2, 0.25) is 0 Å². The van der Waals surface area contributed by atoms with E-state index in [0.717, 1.165) is 22.0 Å². The maximum atomic E-state index is 13.7. The topological polar surface area (TPSA) is 60.5 Å². The molecule has 0 unspecified atom stereocenters. The molecular formula is C22H23FN2O3S. The van der Waals surface area contributed by atoms with Crippen LogP contribution in [0.5, 0.6) is 11.5 Å². The number of aromatic nitrogens is 1. The van der Waals surface area contributed by atoms with Crippen molar-refractivity contribution in [2.24, 2.45) is 0 Å². The van der Waals surface area contributed by atoms with Crippen LogP contribution in [-0.2, 0) is 11.2 Å². The zero-order chi connectivity index (χ0) is 20.6. The van der Waals surface area contributed by atoms with E-state index in [0.29, 0.717) is 19.4 Å². The summed E-state index contributed by atoms with van der Waals surface area (Å²) in [6, 6.07) is 13.8. The van der Waals surface area contributed by atoms with Gasteiger partial charge in [-0.2, -0.15) is 0 Å². The van der Waals surface area contributed by atoms with Crippen LogP contribution in [-0.4, -0.2) is 30.6 Å². The Balaban J connectivity index is 1.51. The van der Waals surface area contributed by atoms with Crippen LogP contribution in [0.3, 0.4) is 0 Å². The SMILES string of the molecule is CC[C@@H](Oc1ccccc1F)C(=O)NCCc1csc(-c2ccc(OC)cc2)n1. The molecule has 0 aliphatic rings. The third kappa shape index (κ3) is 5.54. The van der Waals surface area contributed by atoms with Gasteiger partial charge in [0.05, 0.1) is 12.8 Å². The molecule has 2 aromatic carbocycles. The molecule has 29 heavy (non-hydrogen) atoms. The zero-order valence-electron chi connectivity index (χ0n) is 16.4. The van der Waals surface area contributed by atoms with Gasteiger partial charge in [-0.25, -0.2) is 9.37 Å². The summed E-state index contributed by atoms with van der Waals surface area (Å²) in [6.45, 7) is 2.26. The molecule has 0 fully saturated rings. The van der Waals surface area contributed by atoms with Gasteiger partial charge in [-0.05, 0) is 42.8 Å². The first kappa shape index (κ1) is 20.8. The standard InChI is InChI=1S/C22H23FN2O3S/c1-3-19(28-20-7-5-4-6-18(20)23)21(26)24-13-12-16-14-29-22(25-16)15-8-10-17(27-2)11-9-15/h4-11,14,19H,3,12-13H2,1-2H3,(H,24,26)/t19-/m1/s1. The number of carbonyl (C=O) groups is 1. The van der Waals surface area contributed by atoms with Crippen molar-refractivity contribution in [3.8, 4) is 22.1 Å². The molecule has 0 radical (unpaired) electrons. The van der Waals surface area contributed by atoms with Crippen molar-refractivity contribution in [2.45, 2.75) is 25.9 Å². The van der Waals surface area contributed by atoms with E-state index in [1.54, 1.807) is 30.6 Å². The lowest BCUT2D eigenvalue weighted by molar-refractivity contribution is -0.128. The van der Waals surface area contributed by atoms with Crippen LogP contribution in [0.4, 0.5) is 4.39 Å². The molecule has 0 spiro atoms. The summed E-state index contributed by atoms with van der Waals surface area (Å²) in [5, 5.41) is 5.75. The molecule has 1 N–H and O–H groups in total. The first-order chi connectivity index (χ1) is 14.1. The van der Waals surface area contributed by atoms with Gasteiger partial charge in [0, 0.05) is 23.9 Å². The fourth-order valence-electron chi connectivity index (χ4n) is 2.73. The lowest BCUT2D eigenvalue weighted by Crippen LogP contribution is -2.39. The number of rotatable bonds is 9. The summed E-state index contributed by atoms with van der Waals surface area (Å²) >= 11 is 1.56. The lowest BCUT2D eigenvalue weighted by Gasteiger charge is -2.17. The van der Waals surface area contributed by atoms with Crippen molar-refractivity contribution in [1.82, 2.24) is 10.3 Å². The Kier molecular flexibility index (Phi) is 7.19. The average Bonchev–Trinajstić information content (AvgIpc) is 3.22. The van der Waals surface area contributed by atoms with E-state index in [2.05, 4.69) is 10.3 Å². The molecule has 152 valence electrons. The second-order valence-electron chi connectivity index (χ2n) is 6.36. The van der Waals surface area contributed by atoms with Crippen molar-refractivity contribution >= 4 is 17.2 Å². The van der Waals surface area contributed by atoms with Crippen molar-refractivity contribution in [3.05, 3.63) is 65.4 Å². The van der Waals surface area contributed by atoms with E-state index in [1.807, 2.05) is 36.6 Å². The van der Waals surface area contributed by atoms with Crippen molar-refractivity contribution in [1.29, 1.82) is 0 Å². The third-order valence-corrected chi connectivity index (χ3v) is 5.28. The minimum Gasteiger partial charge on any atom is -0.497 e. The molecule has 1 aromatic heterocycles. The Morgan fingerprint density at radius 3 is 2.66 bits per heavy atom. The van der Waals surface area contributed by atoms with Crippen LogP contribution >= 0.6 is 11.3 Å². The molecule has 1 amide bonds. The van der Waals surface area contributed by atoms with E-state index in [9.17, 15) is 9.18 Å². The first-order valence-electron chi connectivity index (χ1n) is 9.38. The van der Waals surface area contributed by atoms with E-state index in [-0.39, 0.29) is 11.7 Å². The summed E-state index contributed by atoms with van der Waals surface area (Å²) in [7, 11) is 1.63. The van der Waals surface area contributed by atoms with Gasteiger partial charge in [-0.3, -0.25) is 4.79 Å². The smallest absolute Gasteiger partial charge is 0.261 e. The predicted molar refractivity (Wildman–Crippen MR) is 112 cm³/mol. The van der Waals surface area contributed by atoms with Crippen LogP contribution < -0.4 is 14.8 Å². The Hall–Kier alpha value is -2.93. The molecule has 0 aliphatic heterocycles. The number of carbonyl (C=O) groups excluding carboxylic acids is 1. The van der Waals surface area contributed by atoms with Crippen molar-refractivity contribution in [3.63, 3.8) is 0 Å². The van der Waals surface area contributed by atoms with E-state index in [1.165, 1.54) is 12.1 Å². The number of nitrogens with one attached hydrogen (secondary N) is 1. The number of hydrogen-bond acceptors (Lipinski definition) is 5. The molecule has 0 bridgehead atoms. The summed E-state index contributed by atoms with van der Waals surface area (Å²) in [5.41, 5.74) is 1.93. The second-order valence-corrected chi connectivity index (χ2v) is 7.22. The predicted octanol–water partition coefficient (Wildman–Crippen LogP) is 4.47. The van der Waals surface area contributed by atoms with Gasteiger partial charge in [0.1, 0.15) is 10.8 Å². The number of amides is 1. The fraction of sp³-hybridized carbons (Fsp3) is 0.273. The van der Waals surface area contributed by atoms with E-state index < -0.39 is 11.9 Å². The van der Waals surface area contributed by atoms with Crippen LogP contribution in [0, 0.1) is 5.82 Å². The van der Waals surface area contributed by atoms with E-state index in [4.69, 9.17) is 9.47 Å². The number of methoxy groups -OCH3 is 1. The summed E-state index contributed by atoms with van der Waals surface area (Å²) in [5.74, 6) is 0.142. The number of nitrogens with zero attached hydrogens (tertiary/aromatic N) is 1. The maximum Gasteiger partial charge on any atom is 0.261 e. The normalized spacial score (nSPS) is 11.7. The van der Waals surface area contributed by atoms with Gasteiger partial charge in [-0.1, -0.05) is 19.1 Å². The number of ether oxygens (including phenoxy) is 2. The van der Waals surface area contributed by atoms with Gasteiger partial charge in [-0.15, -0.1) is 11.3 Å². The highest BCUT2D eigenvalue weighted by Gasteiger charge is 2.19. The Bertz CT molecular complexity index is 943. The Morgan fingerprint density at radius 2 is 1.97 bits per heavy atom. The fourth-order valence-corrected chi connectivity index (χ4v) is 3.59. The van der Waals surface area contributed by atoms with Gasteiger partial charge in [0.15, 0.2) is 17.7 Å². The van der Waals surface area contributed by atoms with Gasteiger partial charge in [0.2, 0.25) is 0 Å². The maximum absolute atomic E-state index is 13.7. The van der Waals surface area contributed by atoms with Crippen LogP contribution in [0.25, 0.3) is 10.6 Å². The van der Waals surface area contributed by atoms with Crippen molar-refractivity contribution in [2.75, 3.05) is 13.7 Å². The van der Waals surface area contributed by atoms with E-state index >= 15 is 0 Å². The third-order valence-electron chi connectivity index (χ3n) is 4.34. The highest BCUT2D eigenvalue weighted by Crippen LogP contribution is 2.25. The Labute approximate surface area is 173 Å². The van der Waals surface area contributed by atoms with Gasteiger partial charge in [0.25, 0.3) is 5.91 Å². The zero-order valence-corrected chi connectivity index (χ0v) is 17.2. The molecule has 1 heterocycles. The minimum absolute atomic E-state index is 0.0816. The van der Waals surface area contributed by atoms with Gasteiger partial charge >= 0.3 is 0 Å². The molecular weight excluding hydrogens is 391 g/mol. The highest BCUT2D eigenvalue weighted by molar-refractivity contribution is 7.13. The molecule has 0 saturated heterocycles. The number of benzene rings is 2. The largest absolute Gasteiger partial charge is 0.497 e. The molecule has 7 heteroatoms. The summed E-state index contributed by atoms with van der Waals surface area (Å²) in [4.78, 5) is 17.0. The average molecular weight is 415 g/mol. The van der Waals surface area contributed by atoms with Crippen LogP contribution in [0.1, 0.15) is 19.0 Å². The number of hydrogen-bond donors (Lipinski definition) is 1. The molecule has 1 atom stereocenters. The van der Waals surface area contributed by atoms with Gasteiger partial charge < -0.3 is 14.8 Å². The quantitative estimate of drug-likeness (QED) is 0.561. The van der Waals surface area contributed by atoms with Crippen LogP contribution in [0.15, 0.2) is 53.9 Å². The minimum atomic E-state index is -0.739. The molecule has 0 saturated carbocycles. The molecule has 0 aliphatic carbocycles. The molecule has 5 nitrogen and oxygen atoms in total. The summed E-state index contributed by atoms with van der Waals surface area (Å²) < 4.78 is 24.4. The number of halogens is 1. The first-order valence-corrected chi connectivity index (χ1v) is 10.3. The monoisotopic (exact) mass is 414 g/mol. The number of thiazole rings is 1. The highest BCUT2D eigenvalue weighted by atomic mass is 32.1. The van der Waals surface area contributed by atoms with Crippen molar-refractivity contribution < 1.29 is 18.7 Å².